The molecule has 0 aliphatic carbocycles. The van der Waals surface area contributed by atoms with Gasteiger partial charge in [0.2, 0.25) is 0 Å². The van der Waals surface area contributed by atoms with E-state index < -0.39 is 6.29 Å². The van der Waals surface area contributed by atoms with Gasteiger partial charge in [0, 0.05) is 19.2 Å². The molecule has 0 atom stereocenters. The Morgan fingerprint density at radius 3 is 2.53 bits per heavy atom. The Hall–Kier alpha value is -0.910. The molecule has 15 heavy (non-hydrogen) atoms. The normalized spacial score (nSPS) is 31.0. The molecule has 0 amide bonds. The Labute approximate surface area is 90.0 Å². The fourth-order valence-corrected chi connectivity index (χ4v) is 1.17. The quantitative estimate of drug-likeness (QED) is 0.544. The number of aliphatic hydroxyl groups excluding tert-OH is 1. The van der Waals surface area contributed by atoms with E-state index in [1.54, 1.807) is 7.05 Å². The molecule has 0 saturated carbocycles. The van der Waals surface area contributed by atoms with E-state index in [-0.39, 0.29) is 12.0 Å². The molecule has 86 valence electrons. The van der Waals surface area contributed by atoms with Crippen LogP contribution in [0.4, 0.5) is 0 Å². The SMILES string of the molecule is C=NN(C)C(=C)C1OCC(C)(CO)CO1. The van der Waals surface area contributed by atoms with Gasteiger partial charge in [-0.2, -0.15) is 5.10 Å². The Kier molecular flexibility index (Phi) is 3.84. The molecule has 0 spiro atoms. The molecule has 1 aliphatic rings. The van der Waals surface area contributed by atoms with Crippen LogP contribution in [0.15, 0.2) is 17.4 Å². The van der Waals surface area contributed by atoms with Crippen molar-refractivity contribution in [1.82, 2.24) is 5.01 Å². The fraction of sp³-hybridized carbons (Fsp3) is 0.700. The summed E-state index contributed by atoms with van der Waals surface area (Å²) in [5, 5.41) is 14.3. The van der Waals surface area contributed by atoms with Crippen molar-refractivity contribution in [2.75, 3.05) is 26.9 Å². The monoisotopic (exact) mass is 214 g/mol. The van der Waals surface area contributed by atoms with E-state index in [2.05, 4.69) is 18.4 Å². The number of hydrogen-bond acceptors (Lipinski definition) is 5. The van der Waals surface area contributed by atoms with Crippen molar-refractivity contribution < 1.29 is 14.6 Å². The van der Waals surface area contributed by atoms with Gasteiger partial charge in [-0.3, -0.25) is 5.01 Å². The van der Waals surface area contributed by atoms with E-state index >= 15 is 0 Å². The lowest BCUT2D eigenvalue weighted by atomic mass is 9.93. The summed E-state index contributed by atoms with van der Waals surface area (Å²) in [4.78, 5) is 0. The first-order valence-electron chi connectivity index (χ1n) is 4.75. The third kappa shape index (κ3) is 2.77. The molecule has 1 saturated heterocycles. The first kappa shape index (κ1) is 12.2. The summed E-state index contributed by atoms with van der Waals surface area (Å²) in [6.45, 7) is 10.0. The average molecular weight is 214 g/mol. The van der Waals surface area contributed by atoms with Crippen molar-refractivity contribution in [3.63, 3.8) is 0 Å². The molecule has 0 aromatic heterocycles. The Morgan fingerprint density at radius 1 is 1.60 bits per heavy atom. The van der Waals surface area contributed by atoms with Crippen LogP contribution in [-0.2, 0) is 9.47 Å². The second-order valence-electron chi connectivity index (χ2n) is 4.08. The molecule has 1 rings (SSSR count). The summed E-state index contributed by atoms with van der Waals surface area (Å²) >= 11 is 0. The summed E-state index contributed by atoms with van der Waals surface area (Å²) in [6, 6.07) is 0. The molecule has 1 heterocycles. The highest BCUT2D eigenvalue weighted by Gasteiger charge is 2.33. The lowest BCUT2D eigenvalue weighted by molar-refractivity contribution is -0.221. The van der Waals surface area contributed by atoms with E-state index in [1.807, 2.05) is 6.92 Å². The van der Waals surface area contributed by atoms with Crippen molar-refractivity contribution in [2.24, 2.45) is 10.5 Å². The molecule has 0 radical (unpaired) electrons. The molecule has 0 bridgehead atoms. The third-order valence-corrected chi connectivity index (χ3v) is 2.45. The van der Waals surface area contributed by atoms with Gasteiger partial charge in [-0.25, -0.2) is 0 Å². The number of aliphatic hydroxyl groups is 1. The number of rotatable bonds is 4. The maximum absolute atomic E-state index is 9.11. The summed E-state index contributed by atoms with van der Waals surface area (Å²) < 4.78 is 10.9. The van der Waals surface area contributed by atoms with Gasteiger partial charge in [-0.05, 0) is 0 Å². The van der Waals surface area contributed by atoms with Crippen LogP contribution in [0.1, 0.15) is 6.92 Å². The van der Waals surface area contributed by atoms with Gasteiger partial charge in [0.1, 0.15) is 0 Å². The van der Waals surface area contributed by atoms with Crippen LogP contribution in [0.2, 0.25) is 0 Å². The maximum Gasteiger partial charge on any atom is 0.200 e. The minimum absolute atomic E-state index is 0.0434. The molecule has 0 aromatic rings. The summed E-state index contributed by atoms with van der Waals surface area (Å²) in [5.41, 5.74) is 0.279. The van der Waals surface area contributed by atoms with Crippen LogP contribution < -0.4 is 0 Å². The summed E-state index contributed by atoms with van der Waals surface area (Å²) in [5.74, 6) is 0. The highest BCUT2D eigenvalue weighted by atomic mass is 16.7. The van der Waals surface area contributed by atoms with E-state index in [0.29, 0.717) is 18.9 Å². The summed E-state index contributed by atoms with van der Waals surface area (Å²) in [6.07, 6.45) is -0.500. The first-order valence-corrected chi connectivity index (χ1v) is 4.75. The second kappa shape index (κ2) is 4.74. The molecule has 1 N–H and O–H groups in total. The number of hydrogen-bond donors (Lipinski definition) is 1. The Balaban J connectivity index is 2.50. The number of likely N-dealkylation sites (N-methyl/N-ethyl adjacent to an activating group) is 1. The van der Waals surface area contributed by atoms with E-state index in [0.717, 1.165) is 0 Å². The van der Waals surface area contributed by atoms with E-state index in [9.17, 15) is 0 Å². The molecular formula is C10H18N2O3. The molecular weight excluding hydrogens is 196 g/mol. The lowest BCUT2D eigenvalue weighted by Crippen LogP contribution is -2.44. The molecule has 0 unspecified atom stereocenters. The predicted molar refractivity (Wildman–Crippen MR) is 57.3 cm³/mol. The highest BCUT2D eigenvalue weighted by molar-refractivity contribution is 5.23. The zero-order chi connectivity index (χ0) is 11.5. The fourth-order valence-electron chi connectivity index (χ4n) is 1.17. The van der Waals surface area contributed by atoms with Crippen molar-refractivity contribution in [1.29, 1.82) is 0 Å². The minimum atomic E-state index is -0.500. The molecule has 0 aromatic carbocycles. The highest BCUT2D eigenvalue weighted by Crippen LogP contribution is 2.26. The Bertz CT molecular complexity index is 247. The standard InChI is InChI=1S/C10H18N2O3/c1-8(12(4)11-3)9-14-6-10(2,5-13)7-15-9/h9,13H,1,3,5-7H2,2,4H3. The van der Waals surface area contributed by atoms with Gasteiger partial charge in [0.05, 0.1) is 25.5 Å². The maximum atomic E-state index is 9.11. The molecule has 5 heteroatoms. The average Bonchev–Trinajstić information content (AvgIpc) is 2.28. The van der Waals surface area contributed by atoms with Gasteiger partial charge >= 0.3 is 0 Å². The van der Waals surface area contributed by atoms with Crippen molar-refractivity contribution in [2.45, 2.75) is 13.2 Å². The molecule has 1 aliphatic heterocycles. The van der Waals surface area contributed by atoms with Gasteiger partial charge in [-0.15, -0.1) is 0 Å². The van der Waals surface area contributed by atoms with Crippen LogP contribution in [0.3, 0.4) is 0 Å². The third-order valence-electron chi connectivity index (χ3n) is 2.45. The number of hydrazone groups is 1. The topological polar surface area (TPSA) is 54.3 Å². The van der Waals surface area contributed by atoms with Crippen molar-refractivity contribution in [3.05, 3.63) is 12.3 Å². The van der Waals surface area contributed by atoms with Crippen LogP contribution >= 0.6 is 0 Å². The minimum Gasteiger partial charge on any atom is -0.396 e. The van der Waals surface area contributed by atoms with Crippen LogP contribution in [-0.4, -0.2) is 50.0 Å². The van der Waals surface area contributed by atoms with Crippen LogP contribution in [0, 0.1) is 5.41 Å². The zero-order valence-electron chi connectivity index (χ0n) is 9.27. The zero-order valence-corrected chi connectivity index (χ0v) is 9.27. The largest absolute Gasteiger partial charge is 0.396 e. The smallest absolute Gasteiger partial charge is 0.200 e. The Morgan fingerprint density at radius 2 is 2.13 bits per heavy atom. The molecule has 1 fully saturated rings. The number of ether oxygens (including phenoxy) is 2. The van der Waals surface area contributed by atoms with Crippen molar-refractivity contribution in [3.8, 4) is 0 Å². The summed E-state index contributed by atoms with van der Waals surface area (Å²) in [7, 11) is 1.72. The van der Waals surface area contributed by atoms with Gasteiger partial charge in [0.15, 0.2) is 6.29 Å². The predicted octanol–water partition coefficient (Wildman–Crippen LogP) is 0.419. The lowest BCUT2D eigenvalue weighted by Gasteiger charge is -2.37. The van der Waals surface area contributed by atoms with Gasteiger partial charge in [0.25, 0.3) is 0 Å². The van der Waals surface area contributed by atoms with E-state index in [1.165, 1.54) is 5.01 Å². The van der Waals surface area contributed by atoms with E-state index in [4.69, 9.17) is 14.6 Å². The van der Waals surface area contributed by atoms with Crippen molar-refractivity contribution >= 4 is 6.72 Å². The van der Waals surface area contributed by atoms with Crippen LogP contribution in [0.25, 0.3) is 0 Å². The second-order valence-corrected chi connectivity index (χ2v) is 4.08. The number of nitrogens with zero attached hydrogens (tertiary/aromatic N) is 2. The first-order chi connectivity index (χ1) is 7.02. The van der Waals surface area contributed by atoms with Crippen LogP contribution in [0.5, 0.6) is 0 Å². The van der Waals surface area contributed by atoms with Gasteiger partial charge < -0.3 is 14.6 Å². The molecule has 5 nitrogen and oxygen atoms in total. The van der Waals surface area contributed by atoms with Gasteiger partial charge in [-0.1, -0.05) is 13.5 Å².